The molecule has 0 aliphatic carbocycles. The fourth-order valence-corrected chi connectivity index (χ4v) is 4.16. The van der Waals surface area contributed by atoms with E-state index < -0.39 is 12.1 Å². The van der Waals surface area contributed by atoms with Crippen LogP contribution in [0.5, 0.6) is 0 Å². The first-order chi connectivity index (χ1) is 14.0. The zero-order valence-corrected chi connectivity index (χ0v) is 15.6. The molecule has 0 spiro atoms. The lowest BCUT2D eigenvalue weighted by atomic mass is 9.95. The molecular weight excluding hydrogens is 375 g/mol. The standard InChI is InChI=1S/C21H17FN4O3/c1-12-17-19(27)23-16(13-5-3-2-4-6-13)11-25(17)20(28)21-26(12)18(24-29-21)14-7-9-15(22)10-8-14/h2-10,12,16-17H,11H2,1H3/p+1. The van der Waals surface area contributed by atoms with Gasteiger partial charge in [-0.15, -0.1) is 0 Å². The molecule has 3 heterocycles. The smallest absolute Gasteiger partial charge is 0.346 e. The molecule has 29 heavy (non-hydrogen) atoms. The van der Waals surface area contributed by atoms with Gasteiger partial charge in [0.2, 0.25) is 5.91 Å². The summed E-state index contributed by atoms with van der Waals surface area (Å²) in [6.07, 6.45) is 0. The molecule has 1 N–H and O–H groups in total. The van der Waals surface area contributed by atoms with Gasteiger partial charge in [0.25, 0.3) is 0 Å². The van der Waals surface area contributed by atoms with E-state index >= 15 is 0 Å². The zero-order chi connectivity index (χ0) is 20.1. The lowest BCUT2D eigenvalue weighted by Gasteiger charge is -2.42. The summed E-state index contributed by atoms with van der Waals surface area (Å²) in [5.74, 6) is -0.529. The van der Waals surface area contributed by atoms with Gasteiger partial charge in [0, 0.05) is 6.54 Å². The van der Waals surface area contributed by atoms with Crippen LogP contribution in [0.4, 0.5) is 4.39 Å². The number of aromatic nitrogens is 2. The van der Waals surface area contributed by atoms with Gasteiger partial charge in [0.1, 0.15) is 11.9 Å². The predicted molar refractivity (Wildman–Crippen MR) is 99.0 cm³/mol. The van der Waals surface area contributed by atoms with Crippen LogP contribution in [0, 0.1) is 5.82 Å². The molecular formula is C21H18FN4O3+. The van der Waals surface area contributed by atoms with Crippen molar-refractivity contribution < 1.29 is 23.1 Å². The number of nitrogens with zero attached hydrogens (tertiary/aromatic N) is 3. The van der Waals surface area contributed by atoms with Crippen molar-refractivity contribution in [2.24, 2.45) is 0 Å². The summed E-state index contributed by atoms with van der Waals surface area (Å²) in [5, 5.41) is 7.07. The second-order valence-electron chi connectivity index (χ2n) is 7.30. The van der Waals surface area contributed by atoms with E-state index in [1.54, 1.807) is 21.6 Å². The highest BCUT2D eigenvalue weighted by Crippen LogP contribution is 2.30. The molecule has 2 aliphatic rings. The lowest BCUT2D eigenvalue weighted by molar-refractivity contribution is -0.722. The van der Waals surface area contributed by atoms with Crippen LogP contribution in [0.15, 0.2) is 59.1 Å². The van der Waals surface area contributed by atoms with E-state index in [1.165, 1.54) is 12.1 Å². The maximum atomic E-state index is 13.3. The quantitative estimate of drug-likeness (QED) is 0.676. The molecule has 5 rings (SSSR count). The minimum atomic E-state index is -0.682. The summed E-state index contributed by atoms with van der Waals surface area (Å²) < 4.78 is 20.3. The zero-order valence-electron chi connectivity index (χ0n) is 15.6. The number of piperazine rings is 1. The van der Waals surface area contributed by atoms with Gasteiger partial charge in [-0.05, 0) is 36.8 Å². The van der Waals surface area contributed by atoms with Gasteiger partial charge >= 0.3 is 17.6 Å². The van der Waals surface area contributed by atoms with Gasteiger partial charge in [-0.3, -0.25) is 9.59 Å². The molecule has 146 valence electrons. The number of hydrogen-bond donors (Lipinski definition) is 1. The second-order valence-corrected chi connectivity index (χ2v) is 7.30. The summed E-state index contributed by atoms with van der Waals surface area (Å²) in [6, 6.07) is 13.9. The Kier molecular flexibility index (Phi) is 3.94. The van der Waals surface area contributed by atoms with E-state index in [2.05, 4.69) is 10.5 Å². The molecule has 3 atom stereocenters. The van der Waals surface area contributed by atoms with E-state index in [1.807, 2.05) is 37.3 Å². The molecule has 2 aromatic carbocycles. The minimum absolute atomic E-state index is 0.0644. The molecule has 2 amide bonds. The first-order valence-corrected chi connectivity index (χ1v) is 9.38. The minimum Gasteiger partial charge on any atom is -0.346 e. The Morgan fingerprint density at radius 1 is 1.14 bits per heavy atom. The average Bonchev–Trinajstić information content (AvgIpc) is 3.18. The van der Waals surface area contributed by atoms with Crippen LogP contribution in [-0.4, -0.2) is 34.5 Å². The second kappa shape index (κ2) is 6.51. The van der Waals surface area contributed by atoms with Crippen LogP contribution in [0.1, 0.15) is 35.3 Å². The molecule has 8 heteroatoms. The number of carbonyl (C=O) groups excluding carboxylic acids is 2. The Balaban J connectivity index is 1.54. The summed E-state index contributed by atoms with van der Waals surface area (Å²) in [7, 11) is 0. The molecule has 1 aromatic heterocycles. The van der Waals surface area contributed by atoms with Gasteiger partial charge in [-0.2, -0.15) is 4.57 Å². The normalized spacial score (nSPS) is 23.4. The van der Waals surface area contributed by atoms with Crippen molar-refractivity contribution in [1.82, 2.24) is 15.4 Å². The Morgan fingerprint density at radius 3 is 2.59 bits per heavy atom. The van der Waals surface area contributed by atoms with Crippen LogP contribution < -0.4 is 9.88 Å². The van der Waals surface area contributed by atoms with Crippen molar-refractivity contribution in [3.05, 3.63) is 71.9 Å². The van der Waals surface area contributed by atoms with Crippen molar-refractivity contribution in [2.75, 3.05) is 6.54 Å². The van der Waals surface area contributed by atoms with Crippen LogP contribution in [0.2, 0.25) is 0 Å². The fourth-order valence-electron chi connectivity index (χ4n) is 4.16. The maximum Gasteiger partial charge on any atom is 0.407 e. The number of fused-ring (bicyclic) bond motifs is 2. The number of hydrogen-bond acceptors (Lipinski definition) is 4. The Bertz CT molecular complexity index is 1100. The third kappa shape index (κ3) is 2.71. The largest absolute Gasteiger partial charge is 0.407 e. The van der Waals surface area contributed by atoms with E-state index in [0.717, 1.165) is 5.56 Å². The van der Waals surface area contributed by atoms with Gasteiger partial charge in [-0.1, -0.05) is 30.3 Å². The van der Waals surface area contributed by atoms with E-state index in [9.17, 15) is 14.0 Å². The SMILES string of the molecule is CC1C2C(=O)NC(c3ccccc3)CN2C(=O)c2onc(-c3ccc(F)cc3)[n+]21. The van der Waals surface area contributed by atoms with Crippen LogP contribution in [0.3, 0.4) is 0 Å². The summed E-state index contributed by atoms with van der Waals surface area (Å²) >= 11 is 0. The average molecular weight is 393 g/mol. The van der Waals surface area contributed by atoms with Crippen molar-refractivity contribution >= 4 is 11.8 Å². The number of halogens is 1. The topological polar surface area (TPSA) is 79.3 Å². The number of carbonyl (C=O) groups is 2. The first kappa shape index (κ1) is 17.5. The summed E-state index contributed by atoms with van der Waals surface area (Å²) in [4.78, 5) is 27.7. The van der Waals surface area contributed by atoms with Crippen LogP contribution in [-0.2, 0) is 4.79 Å². The third-order valence-electron chi connectivity index (χ3n) is 5.58. The third-order valence-corrected chi connectivity index (χ3v) is 5.58. The summed E-state index contributed by atoms with van der Waals surface area (Å²) in [6.45, 7) is 2.19. The van der Waals surface area contributed by atoms with E-state index in [0.29, 0.717) is 17.9 Å². The van der Waals surface area contributed by atoms with Gasteiger partial charge < -0.3 is 10.2 Å². The summed E-state index contributed by atoms with van der Waals surface area (Å²) in [5.41, 5.74) is 1.54. The number of rotatable bonds is 2. The molecule has 1 saturated heterocycles. The molecule has 3 unspecified atom stereocenters. The van der Waals surface area contributed by atoms with Gasteiger partial charge in [0.05, 0.1) is 11.6 Å². The highest BCUT2D eigenvalue weighted by Gasteiger charge is 2.53. The Hall–Kier alpha value is -3.55. The highest BCUT2D eigenvalue weighted by molar-refractivity contribution is 5.95. The molecule has 0 bridgehead atoms. The maximum absolute atomic E-state index is 13.3. The van der Waals surface area contributed by atoms with Crippen molar-refractivity contribution in [1.29, 1.82) is 0 Å². The van der Waals surface area contributed by atoms with Crippen molar-refractivity contribution in [3.8, 4) is 11.4 Å². The number of nitrogens with one attached hydrogen (secondary N) is 1. The molecule has 0 radical (unpaired) electrons. The molecule has 3 aromatic rings. The lowest BCUT2D eigenvalue weighted by Crippen LogP contribution is -2.69. The molecule has 1 fully saturated rings. The highest BCUT2D eigenvalue weighted by atomic mass is 19.1. The van der Waals surface area contributed by atoms with Crippen LogP contribution >= 0.6 is 0 Å². The Labute approximate surface area is 165 Å². The fraction of sp³-hybridized carbons (Fsp3) is 0.238. The van der Waals surface area contributed by atoms with E-state index in [4.69, 9.17) is 4.52 Å². The molecule has 0 saturated carbocycles. The number of benzene rings is 2. The van der Waals surface area contributed by atoms with E-state index in [-0.39, 0.29) is 29.6 Å². The van der Waals surface area contributed by atoms with Crippen LogP contribution in [0.25, 0.3) is 11.4 Å². The first-order valence-electron chi connectivity index (χ1n) is 9.38. The van der Waals surface area contributed by atoms with Crippen molar-refractivity contribution in [3.63, 3.8) is 0 Å². The number of amides is 2. The monoisotopic (exact) mass is 393 g/mol. The molecule has 2 aliphatic heterocycles. The molecule has 7 nitrogen and oxygen atoms in total. The Morgan fingerprint density at radius 2 is 1.86 bits per heavy atom. The predicted octanol–water partition coefficient (Wildman–Crippen LogP) is 2.02. The van der Waals surface area contributed by atoms with Gasteiger partial charge in [0.15, 0.2) is 11.2 Å². The van der Waals surface area contributed by atoms with Gasteiger partial charge in [-0.25, -0.2) is 8.91 Å². The van der Waals surface area contributed by atoms with Crippen molar-refractivity contribution in [2.45, 2.75) is 25.0 Å².